The Morgan fingerprint density at radius 1 is 0.317 bits per heavy atom. The van der Waals surface area contributed by atoms with Crippen molar-refractivity contribution in [3.05, 3.63) is 259 Å². The van der Waals surface area contributed by atoms with Gasteiger partial charge in [0.15, 0.2) is 0 Å². The smallest absolute Gasteiger partial charge is 0.0540 e. The van der Waals surface area contributed by atoms with Crippen LogP contribution in [0.4, 0.5) is 17.1 Å². The molecule has 296 valence electrons. The van der Waals surface area contributed by atoms with Crippen molar-refractivity contribution in [1.82, 2.24) is 0 Å². The largest absolute Gasteiger partial charge is 0.309 e. The van der Waals surface area contributed by atoms with Crippen molar-refractivity contribution in [2.75, 3.05) is 4.90 Å². The second kappa shape index (κ2) is 14.9. The molecule has 1 atom stereocenters. The summed E-state index contributed by atoms with van der Waals surface area (Å²) in [6.07, 6.45) is 0. The molecule has 0 N–H and O–H groups in total. The summed E-state index contributed by atoms with van der Waals surface area (Å²) in [7, 11) is 0. The first kappa shape index (κ1) is 36.8. The van der Waals surface area contributed by atoms with E-state index in [2.05, 4.69) is 254 Å². The molecule has 63 heavy (non-hydrogen) atoms. The van der Waals surface area contributed by atoms with Crippen LogP contribution in [-0.2, 0) is 5.41 Å². The van der Waals surface area contributed by atoms with Crippen molar-refractivity contribution >= 4 is 49.4 Å². The number of hydrogen-bond donors (Lipinski definition) is 0. The zero-order chi connectivity index (χ0) is 41.9. The molecule has 11 aromatic rings. The summed E-state index contributed by atoms with van der Waals surface area (Å²) in [4.78, 5) is 2.56. The van der Waals surface area contributed by atoms with Gasteiger partial charge in [-0.25, -0.2) is 0 Å². The average molecular weight is 802 g/mol. The fourth-order valence-electron chi connectivity index (χ4n) is 10.7. The van der Waals surface area contributed by atoms with Crippen molar-refractivity contribution in [2.45, 2.75) is 12.3 Å². The van der Waals surface area contributed by atoms with Gasteiger partial charge < -0.3 is 4.90 Å². The first-order valence-electron chi connectivity index (χ1n) is 21.9. The molecule has 1 nitrogen and oxygen atoms in total. The van der Waals surface area contributed by atoms with Crippen molar-refractivity contribution < 1.29 is 0 Å². The molecule has 0 spiro atoms. The molecule has 1 heteroatoms. The fraction of sp³-hybridized carbons (Fsp3) is 0.0323. The fourth-order valence-corrected chi connectivity index (χ4v) is 10.7. The van der Waals surface area contributed by atoms with Gasteiger partial charge in [0.1, 0.15) is 0 Å². The molecule has 0 bridgehead atoms. The SMILES string of the molecule is CC1(c2ccccc2)c2ccccc2-c2cccc(N(c3ccccc3-c3ccc4c(c3)c(-c3ccccc3)c(-c3ccccc3)c3ccccc34)c3cccc4ccccc34)c21. The number of anilines is 3. The Bertz CT molecular complexity index is 3510. The topological polar surface area (TPSA) is 3.24 Å². The maximum absolute atomic E-state index is 2.56. The zero-order valence-corrected chi connectivity index (χ0v) is 35.0. The summed E-state index contributed by atoms with van der Waals surface area (Å²) < 4.78 is 0. The highest BCUT2D eigenvalue weighted by Crippen LogP contribution is 2.58. The predicted molar refractivity (Wildman–Crippen MR) is 267 cm³/mol. The van der Waals surface area contributed by atoms with E-state index in [0.717, 1.165) is 22.5 Å². The average Bonchev–Trinajstić information content (AvgIpc) is 3.63. The number of fused-ring (bicyclic) bond motifs is 7. The molecule has 1 aliphatic carbocycles. The lowest BCUT2D eigenvalue weighted by molar-refractivity contribution is 0.714. The molecule has 0 radical (unpaired) electrons. The standard InChI is InChI=1S/C62H43N/c1-62(46-27-9-4-10-28-46)55-35-17-15-32-51(55)53-34-20-38-58(61(53)62)63(57-37-19-26-42-21-11-12-29-47(42)57)56-36-18-16-30-48(56)45-39-40-50-49-31-13-14-33-52(49)59(43-22-5-2-6-23-43)60(54(50)41-45)44-24-7-3-8-25-44/h2-41H,1H3. The van der Waals surface area contributed by atoms with Gasteiger partial charge in [0.2, 0.25) is 0 Å². The van der Waals surface area contributed by atoms with Gasteiger partial charge in [0, 0.05) is 16.4 Å². The first-order valence-corrected chi connectivity index (χ1v) is 21.9. The second-order valence-corrected chi connectivity index (χ2v) is 16.9. The van der Waals surface area contributed by atoms with E-state index in [9.17, 15) is 0 Å². The van der Waals surface area contributed by atoms with Crippen molar-refractivity contribution in [2.24, 2.45) is 0 Å². The van der Waals surface area contributed by atoms with Gasteiger partial charge in [0.25, 0.3) is 0 Å². The molecule has 0 aliphatic heterocycles. The molecule has 0 heterocycles. The third kappa shape index (κ3) is 5.78. The number of para-hydroxylation sites is 1. The highest BCUT2D eigenvalue weighted by molar-refractivity contribution is 6.22. The van der Waals surface area contributed by atoms with Gasteiger partial charge in [-0.1, -0.05) is 218 Å². The molecule has 1 unspecified atom stereocenters. The second-order valence-electron chi connectivity index (χ2n) is 16.9. The molecule has 0 fully saturated rings. The van der Waals surface area contributed by atoms with Crippen molar-refractivity contribution in [1.29, 1.82) is 0 Å². The Labute approximate surface area is 368 Å². The number of rotatable bonds is 7. The van der Waals surface area contributed by atoms with Crippen LogP contribution in [0.1, 0.15) is 23.6 Å². The van der Waals surface area contributed by atoms with Crippen molar-refractivity contribution in [3.63, 3.8) is 0 Å². The zero-order valence-electron chi connectivity index (χ0n) is 35.0. The minimum atomic E-state index is -0.413. The van der Waals surface area contributed by atoms with Gasteiger partial charge in [0.05, 0.1) is 17.1 Å². The number of hydrogen-bond acceptors (Lipinski definition) is 1. The monoisotopic (exact) mass is 801 g/mol. The maximum atomic E-state index is 2.56. The molecule has 0 saturated carbocycles. The lowest BCUT2D eigenvalue weighted by Gasteiger charge is -2.36. The maximum Gasteiger partial charge on any atom is 0.0540 e. The normalized spacial score (nSPS) is 14.2. The Morgan fingerprint density at radius 3 is 1.59 bits per heavy atom. The summed E-state index contributed by atoms with van der Waals surface area (Å²) in [6.45, 7) is 2.42. The van der Waals surface area contributed by atoms with Crippen LogP contribution >= 0.6 is 0 Å². The molecule has 0 saturated heterocycles. The van der Waals surface area contributed by atoms with Gasteiger partial charge in [-0.15, -0.1) is 0 Å². The summed E-state index contributed by atoms with van der Waals surface area (Å²) in [5.74, 6) is 0. The minimum Gasteiger partial charge on any atom is -0.309 e. The van der Waals surface area contributed by atoms with E-state index < -0.39 is 5.41 Å². The van der Waals surface area contributed by atoms with Crippen LogP contribution < -0.4 is 4.90 Å². The van der Waals surface area contributed by atoms with Gasteiger partial charge >= 0.3 is 0 Å². The van der Waals surface area contributed by atoms with Crippen LogP contribution in [0.15, 0.2) is 243 Å². The highest BCUT2D eigenvalue weighted by Gasteiger charge is 2.43. The molecular formula is C62H43N. The van der Waals surface area contributed by atoms with E-state index in [1.165, 1.54) is 88.1 Å². The summed E-state index contributed by atoms with van der Waals surface area (Å²) >= 11 is 0. The van der Waals surface area contributed by atoms with Crippen LogP contribution in [0.25, 0.3) is 76.8 Å². The quantitative estimate of drug-likeness (QED) is 0.145. The molecule has 11 aromatic carbocycles. The lowest BCUT2D eigenvalue weighted by Crippen LogP contribution is -2.25. The number of benzene rings is 11. The van der Waals surface area contributed by atoms with E-state index in [1.807, 2.05) is 0 Å². The molecule has 0 aromatic heterocycles. The van der Waals surface area contributed by atoms with Crippen LogP contribution in [0.3, 0.4) is 0 Å². The summed E-state index contributed by atoms with van der Waals surface area (Å²) in [6, 6.07) is 89.5. The van der Waals surface area contributed by atoms with E-state index in [1.54, 1.807) is 0 Å². The van der Waals surface area contributed by atoms with E-state index in [0.29, 0.717) is 0 Å². The Kier molecular flexibility index (Phi) is 8.69. The van der Waals surface area contributed by atoms with E-state index in [-0.39, 0.29) is 0 Å². The third-order valence-corrected chi connectivity index (χ3v) is 13.5. The van der Waals surface area contributed by atoms with Gasteiger partial charge in [-0.05, 0) is 114 Å². The number of nitrogens with zero attached hydrogens (tertiary/aromatic N) is 1. The van der Waals surface area contributed by atoms with Crippen molar-refractivity contribution in [3.8, 4) is 44.5 Å². The van der Waals surface area contributed by atoms with Gasteiger partial charge in [-0.3, -0.25) is 0 Å². The van der Waals surface area contributed by atoms with Crippen LogP contribution in [0, 0.1) is 0 Å². The Balaban J connectivity index is 1.17. The molecule has 0 amide bonds. The van der Waals surface area contributed by atoms with Gasteiger partial charge in [-0.2, -0.15) is 0 Å². The Hall–Kier alpha value is -8.00. The highest BCUT2D eigenvalue weighted by atomic mass is 15.2. The summed E-state index contributed by atoms with van der Waals surface area (Å²) in [5.41, 5.74) is 16.7. The summed E-state index contributed by atoms with van der Waals surface area (Å²) in [5, 5.41) is 7.39. The molecular weight excluding hydrogens is 759 g/mol. The van der Waals surface area contributed by atoms with E-state index >= 15 is 0 Å². The predicted octanol–water partition coefficient (Wildman–Crippen LogP) is 17.0. The van der Waals surface area contributed by atoms with Crippen LogP contribution in [0.2, 0.25) is 0 Å². The third-order valence-electron chi connectivity index (χ3n) is 13.5. The lowest BCUT2D eigenvalue weighted by atomic mass is 9.73. The molecule has 1 aliphatic rings. The molecule has 12 rings (SSSR count). The first-order chi connectivity index (χ1) is 31.2. The van der Waals surface area contributed by atoms with Crippen LogP contribution in [0.5, 0.6) is 0 Å². The van der Waals surface area contributed by atoms with Crippen LogP contribution in [-0.4, -0.2) is 0 Å². The Morgan fingerprint density at radius 2 is 0.825 bits per heavy atom. The van der Waals surface area contributed by atoms with E-state index in [4.69, 9.17) is 0 Å². The minimum absolute atomic E-state index is 0.413.